The molecular weight excluding hydrogens is 1150 g/mol. The number of hydrogen-bond donors (Lipinski definition) is 2. The number of rotatable bonds is 17. The molecular formula is C69H117N9O12. The van der Waals surface area contributed by atoms with Crippen LogP contribution in [0.2, 0.25) is 0 Å². The molecule has 2 heterocycles. The summed E-state index contributed by atoms with van der Waals surface area (Å²) in [5.41, 5.74) is 0.982. The standard InChI is InChI=1S/C69H117N9O12/c1-24-50-36-58(81)61(62(83)46(14)27-25-28-49-29-26-30-70-38-49)78(23)69(90)60(45(12)13)77(22)68(89)55(34-43(8)9)76(21)67(88)54(33-42(6)7)75(20)64(85)48(16)71-63(84)47(15)35-56(79)53(32-41(4)5)74(19)66(87)51(44(10)11)37-57(80)52(31-40(2)3)73(18)59(82)39-72(17)65(50)86/h26,29-30,38,40-48,50-55,60-62,83H,24-25,27-28,31-37,39H2,1-23H3,(H,71,84)/t46-,47+,48+,50+,51-,52+,53-,54-,55-,60-,61+,62-/m1/s1. The molecule has 1 aromatic rings. The molecule has 21 nitrogen and oxygen atoms in total. The number of ketones is 3. The average molecular weight is 1260 g/mol. The highest BCUT2D eigenvalue weighted by Gasteiger charge is 2.46. The van der Waals surface area contributed by atoms with Crippen LogP contribution in [0, 0.1) is 59.2 Å². The molecule has 0 aliphatic carbocycles. The van der Waals surface area contributed by atoms with E-state index in [9.17, 15) is 38.7 Å². The van der Waals surface area contributed by atoms with E-state index in [1.54, 1.807) is 47.0 Å². The smallest absolute Gasteiger partial charge is 0.246 e. The van der Waals surface area contributed by atoms with E-state index in [0.29, 0.717) is 19.3 Å². The molecule has 0 aromatic carbocycles. The maximum Gasteiger partial charge on any atom is 0.246 e. The predicted molar refractivity (Wildman–Crippen MR) is 350 cm³/mol. The van der Waals surface area contributed by atoms with Gasteiger partial charge in [-0.3, -0.25) is 57.7 Å². The Morgan fingerprint density at radius 1 is 0.533 bits per heavy atom. The highest BCUT2D eigenvalue weighted by molar-refractivity contribution is 5.99. The Morgan fingerprint density at radius 2 is 1.00 bits per heavy atom. The summed E-state index contributed by atoms with van der Waals surface area (Å²) in [6.45, 7) is 28.4. The summed E-state index contributed by atoms with van der Waals surface area (Å²) >= 11 is 0. The Bertz CT molecular complexity index is 2570. The quantitative estimate of drug-likeness (QED) is 0.160. The van der Waals surface area contributed by atoms with Crippen molar-refractivity contribution < 1.29 is 57.8 Å². The van der Waals surface area contributed by atoms with Gasteiger partial charge >= 0.3 is 0 Å². The predicted octanol–water partition coefficient (Wildman–Crippen LogP) is 6.99. The molecule has 2 N–H and O–H groups in total. The number of hydrogen-bond acceptors (Lipinski definition) is 13. The van der Waals surface area contributed by atoms with E-state index in [0.717, 1.165) is 5.56 Å². The minimum absolute atomic E-state index is 0.0687. The first-order valence-electron chi connectivity index (χ1n) is 33.0. The molecule has 1 aliphatic rings. The van der Waals surface area contributed by atoms with E-state index in [2.05, 4.69) is 10.3 Å². The van der Waals surface area contributed by atoms with Gasteiger partial charge in [-0.15, -0.1) is 0 Å². The summed E-state index contributed by atoms with van der Waals surface area (Å²) < 4.78 is 0. The van der Waals surface area contributed by atoms with Crippen LogP contribution in [0.15, 0.2) is 24.5 Å². The summed E-state index contributed by atoms with van der Waals surface area (Å²) in [5, 5.41) is 15.2. The van der Waals surface area contributed by atoms with Gasteiger partial charge < -0.3 is 44.7 Å². The number of nitrogens with one attached hydrogen (secondary N) is 1. The van der Waals surface area contributed by atoms with Crippen LogP contribution in [0.1, 0.15) is 181 Å². The van der Waals surface area contributed by atoms with E-state index in [1.807, 2.05) is 81.4 Å². The second-order valence-electron chi connectivity index (χ2n) is 28.5. The lowest BCUT2D eigenvalue weighted by molar-refractivity contribution is -0.157. The van der Waals surface area contributed by atoms with Crippen LogP contribution in [0.4, 0.5) is 0 Å². The number of nitrogens with zero attached hydrogens (tertiary/aromatic N) is 8. The largest absolute Gasteiger partial charge is 0.390 e. The SMILES string of the molecule is CC[C@H]1CC(=O)[C@@H]([C@H](O)[C@H](C)CCCc2cccnc2)N(C)C(=O)[C@@H](C(C)C)N(C)C(=O)[C@@H](CC(C)C)N(C)C(=O)[C@@H](CC(C)C)N(C)C(=O)[C@H](C)NC(=O)[C@@H](C)CC(=O)[C@@H](CC(C)C)N(C)C(=O)[C@@H](C(C)C)CC(=O)[C@H](CC(C)C)N(C)C(=O)CN(C)C1=O. The Morgan fingerprint density at radius 3 is 1.48 bits per heavy atom. The summed E-state index contributed by atoms with van der Waals surface area (Å²) in [5.74, 6) is -10.8. The number of aliphatic hydroxyl groups excluding tert-OH is 1. The van der Waals surface area contributed by atoms with Gasteiger partial charge in [0.1, 0.15) is 30.2 Å². The molecule has 90 heavy (non-hydrogen) atoms. The summed E-state index contributed by atoms with van der Waals surface area (Å²) in [7, 11) is 10.3. The number of amides is 8. The minimum Gasteiger partial charge on any atom is -0.390 e. The van der Waals surface area contributed by atoms with Gasteiger partial charge in [-0.1, -0.05) is 110 Å². The maximum absolute atomic E-state index is 15.4. The van der Waals surface area contributed by atoms with E-state index in [4.69, 9.17) is 0 Å². The summed E-state index contributed by atoms with van der Waals surface area (Å²) in [6, 6.07) is -4.37. The number of aromatic nitrogens is 1. The van der Waals surface area contributed by atoms with Gasteiger partial charge in [-0.05, 0) is 111 Å². The third kappa shape index (κ3) is 22.6. The first-order valence-corrected chi connectivity index (χ1v) is 33.0. The van der Waals surface area contributed by atoms with Crippen molar-refractivity contribution >= 4 is 64.6 Å². The lowest BCUT2D eigenvalue weighted by atomic mass is 9.84. The normalized spacial score (nSPS) is 26.2. The van der Waals surface area contributed by atoms with Crippen molar-refractivity contribution in [3.8, 4) is 0 Å². The summed E-state index contributed by atoms with van der Waals surface area (Å²) in [4.78, 5) is 175. The molecule has 1 aliphatic heterocycles. The fraction of sp³-hybridized carbons (Fsp3) is 0.768. The molecule has 2 rings (SSSR count). The van der Waals surface area contributed by atoms with Crippen molar-refractivity contribution in [2.45, 2.75) is 230 Å². The molecule has 1 fully saturated rings. The number of aliphatic hydroxyl groups is 1. The van der Waals surface area contributed by atoms with Gasteiger partial charge in [0.2, 0.25) is 47.3 Å². The fourth-order valence-corrected chi connectivity index (χ4v) is 12.4. The number of Topliss-reactive ketones (excluding diaryl/α,β-unsaturated/α-hetero) is 3. The lowest BCUT2D eigenvalue weighted by Crippen LogP contribution is -2.61. The van der Waals surface area contributed by atoms with Crippen molar-refractivity contribution in [3.63, 3.8) is 0 Å². The molecule has 0 bridgehead atoms. The second kappa shape index (κ2) is 36.8. The third-order valence-electron chi connectivity index (χ3n) is 18.2. The second-order valence-corrected chi connectivity index (χ2v) is 28.5. The van der Waals surface area contributed by atoms with E-state index < -0.39 is 150 Å². The molecule has 510 valence electrons. The minimum atomic E-state index is -1.50. The number of pyridine rings is 1. The molecule has 1 saturated heterocycles. The van der Waals surface area contributed by atoms with Gasteiger partial charge in [-0.2, -0.15) is 0 Å². The lowest BCUT2D eigenvalue weighted by Gasteiger charge is -2.41. The van der Waals surface area contributed by atoms with Crippen LogP contribution in [-0.4, -0.2) is 213 Å². The van der Waals surface area contributed by atoms with Crippen molar-refractivity contribution in [2.24, 2.45) is 59.2 Å². The molecule has 0 saturated carbocycles. The van der Waals surface area contributed by atoms with E-state index in [1.165, 1.54) is 90.6 Å². The van der Waals surface area contributed by atoms with Crippen LogP contribution >= 0.6 is 0 Å². The third-order valence-corrected chi connectivity index (χ3v) is 18.2. The fourth-order valence-electron chi connectivity index (χ4n) is 12.4. The van der Waals surface area contributed by atoms with Gasteiger partial charge in [0.15, 0.2) is 17.3 Å². The maximum atomic E-state index is 15.4. The Kier molecular flexibility index (Phi) is 32.7. The van der Waals surface area contributed by atoms with Gasteiger partial charge in [0.25, 0.3) is 0 Å². The van der Waals surface area contributed by atoms with Gasteiger partial charge in [0.05, 0.1) is 24.7 Å². The zero-order valence-electron chi connectivity index (χ0n) is 59.2. The van der Waals surface area contributed by atoms with Crippen LogP contribution < -0.4 is 5.32 Å². The van der Waals surface area contributed by atoms with Crippen molar-refractivity contribution in [2.75, 3.05) is 55.9 Å². The zero-order chi connectivity index (χ0) is 69.1. The molecule has 8 amide bonds. The van der Waals surface area contributed by atoms with Gasteiger partial charge in [-0.25, -0.2) is 0 Å². The molecule has 0 radical (unpaired) electrons. The highest BCUT2D eigenvalue weighted by Crippen LogP contribution is 2.30. The zero-order valence-corrected chi connectivity index (χ0v) is 59.2. The Labute approximate surface area is 539 Å². The van der Waals surface area contributed by atoms with Gasteiger partial charge in [0, 0.05) is 98.7 Å². The number of carbonyl (C=O) groups is 11. The van der Waals surface area contributed by atoms with Crippen LogP contribution in [0.5, 0.6) is 0 Å². The monoisotopic (exact) mass is 1260 g/mol. The van der Waals surface area contributed by atoms with E-state index >= 15 is 19.2 Å². The van der Waals surface area contributed by atoms with Crippen molar-refractivity contribution in [1.29, 1.82) is 0 Å². The number of likely N-dealkylation sites (N-methyl/N-ethyl adjacent to an activating group) is 7. The Hall–Kier alpha value is -6.12. The summed E-state index contributed by atoms with van der Waals surface area (Å²) in [6.07, 6.45) is 3.67. The molecule has 12 atom stereocenters. The molecule has 1 aromatic heterocycles. The highest BCUT2D eigenvalue weighted by atomic mass is 16.3. The van der Waals surface area contributed by atoms with Crippen LogP contribution in [0.25, 0.3) is 0 Å². The van der Waals surface area contributed by atoms with Crippen molar-refractivity contribution in [1.82, 2.24) is 44.6 Å². The topological polar surface area (TPSA) is 256 Å². The first-order chi connectivity index (χ1) is 41.7. The van der Waals surface area contributed by atoms with Crippen LogP contribution in [-0.2, 0) is 59.2 Å². The molecule has 0 spiro atoms. The van der Waals surface area contributed by atoms with Crippen LogP contribution in [0.3, 0.4) is 0 Å². The molecule has 0 unspecified atom stereocenters. The first kappa shape index (κ1) is 80.0. The van der Waals surface area contributed by atoms with Crippen molar-refractivity contribution in [3.05, 3.63) is 30.1 Å². The number of aryl methyl sites for hydroxylation is 1. The number of carbonyl (C=O) groups excluding carboxylic acids is 11. The Balaban J connectivity index is 2.97. The van der Waals surface area contributed by atoms with E-state index in [-0.39, 0.29) is 80.3 Å². The average Bonchev–Trinajstić information content (AvgIpc) is 0.874. The molecule has 21 heteroatoms.